The Morgan fingerprint density at radius 1 is 1.06 bits per heavy atom. The summed E-state index contributed by atoms with van der Waals surface area (Å²) in [6.45, 7) is 8.54. The van der Waals surface area contributed by atoms with Gasteiger partial charge in [-0.2, -0.15) is 0 Å². The minimum atomic E-state index is -0.621. The van der Waals surface area contributed by atoms with Gasteiger partial charge in [0, 0.05) is 29.7 Å². The lowest BCUT2D eigenvalue weighted by Gasteiger charge is -2.21. The summed E-state index contributed by atoms with van der Waals surface area (Å²) in [5, 5.41) is 4.27. The third-order valence-electron chi connectivity index (χ3n) is 5.84. The zero-order valence-corrected chi connectivity index (χ0v) is 21.8. The van der Waals surface area contributed by atoms with E-state index in [1.165, 1.54) is 25.1 Å². The van der Waals surface area contributed by atoms with Crippen LogP contribution in [0.2, 0.25) is 0 Å². The number of carbonyl (C=O) groups excluding carboxylic acids is 2. The molecule has 0 aliphatic rings. The topological polar surface area (TPSA) is 119 Å². The van der Waals surface area contributed by atoms with Crippen molar-refractivity contribution in [2.24, 2.45) is 11.7 Å². The Morgan fingerprint density at radius 3 is 2.33 bits per heavy atom. The number of nitrogens with two attached hydrogens (primary N) is 1. The molecule has 0 atom stereocenters. The van der Waals surface area contributed by atoms with Gasteiger partial charge in [0.1, 0.15) is 18.7 Å². The van der Waals surface area contributed by atoms with Crippen molar-refractivity contribution in [2.45, 2.75) is 53.8 Å². The van der Waals surface area contributed by atoms with Gasteiger partial charge in [0.25, 0.3) is 0 Å². The molecule has 0 aliphatic carbocycles. The van der Waals surface area contributed by atoms with Gasteiger partial charge in [0.05, 0.1) is 14.2 Å². The monoisotopic (exact) mass is 494 g/mol. The quantitative estimate of drug-likeness (QED) is 0.423. The summed E-state index contributed by atoms with van der Waals surface area (Å²) < 4.78 is 16.9. The normalized spacial score (nSPS) is 11.0. The van der Waals surface area contributed by atoms with Crippen molar-refractivity contribution in [3.8, 4) is 17.0 Å². The molecule has 0 saturated carbocycles. The average molecular weight is 495 g/mol. The number of nitrogens with zero attached hydrogens (tertiary/aromatic N) is 3. The Morgan fingerprint density at radius 2 is 1.75 bits per heavy atom. The maximum absolute atomic E-state index is 12.3. The number of pyridine rings is 1. The maximum atomic E-state index is 12.3. The van der Waals surface area contributed by atoms with Crippen LogP contribution in [0.4, 0.5) is 0 Å². The Labute approximate surface area is 211 Å². The number of aromatic nitrogens is 3. The Balaban J connectivity index is 2.08. The molecule has 0 amide bonds. The van der Waals surface area contributed by atoms with Crippen LogP contribution in [0.1, 0.15) is 52.3 Å². The zero-order valence-electron chi connectivity index (χ0n) is 21.8. The van der Waals surface area contributed by atoms with Gasteiger partial charge in [-0.05, 0) is 42.9 Å². The van der Waals surface area contributed by atoms with Crippen LogP contribution in [0.25, 0.3) is 11.1 Å². The lowest BCUT2D eigenvalue weighted by Crippen LogP contribution is -2.15. The van der Waals surface area contributed by atoms with Crippen LogP contribution >= 0.6 is 0 Å². The summed E-state index contributed by atoms with van der Waals surface area (Å²) in [6, 6.07) is 8.25. The SMILES string of the molecule is COC(=O)Cn1cc(C(=O)OC)c(OCc2c(C)nc(CC(C)C)c(CN)c2-c2ccc(C)cc2)n1. The molecule has 9 heteroatoms. The van der Waals surface area contributed by atoms with Gasteiger partial charge in [-0.15, -0.1) is 5.10 Å². The van der Waals surface area contributed by atoms with Crippen molar-refractivity contribution in [1.29, 1.82) is 0 Å². The molecule has 0 spiro atoms. The third kappa shape index (κ3) is 6.09. The predicted octanol–water partition coefficient (Wildman–Crippen LogP) is 3.76. The van der Waals surface area contributed by atoms with E-state index < -0.39 is 11.9 Å². The van der Waals surface area contributed by atoms with Gasteiger partial charge < -0.3 is 19.9 Å². The minimum Gasteiger partial charge on any atom is -0.471 e. The van der Waals surface area contributed by atoms with E-state index in [0.717, 1.165) is 45.6 Å². The van der Waals surface area contributed by atoms with Crippen molar-refractivity contribution in [1.82, 2.24) is 14.8 Å². The molecule has 2 aromatic heterocycles. The number of esters is 2. The molecule has 0 saturated heterocycles. The number of carbonyl (C=O) groups is 2. The highest BCUT2D eigenvalue weighted by molar-refractivity contribution is 5.91. The standard InChI is InChI=1S/C27H34N4O5/c1-16(2)11-23-20(12-28)25(19-9-7-17(3)8-10-19)22(18(4)29-23)15-36-26-21(27(33)35-6)13-31(30-26)14-24(32)34-5/h7-10,13,16H,11-12,14-15,28H2,1-6H3. The number of hydrogen-bond donors (Lipinski definition) is 1. The Kier molecular flexibility index (Phi) is 8.82. The van der Waals surface area contributed by atoms with E-state index in [0.29, 0.717) is 12.5 Å². The summed E-state index contributed by atoms with van der Waals surface area (Å²) in [4.78, 5) is 28.9. The highest BCUT2D eigenvalue weighted by Gasteiger charge is 2.23. The van der Waals surface area contributed by atoms with Crippen LogP contribution < -0.4 is 10.5 Å². The first kappa shape index (κ1) is 26.9. The van der Waals surface area contributed by atoms with Crippen molar-refractivity contribution < 1.29 is 23.8 Å². The highest BCUT2D eigenvalue weighted by atomic mass is 16.5. The fraction of sp³-hybridized carbons (Fsp3) is 0.407. The average Bonchev–Trinajstić information content (AvgIpc) is 3.25. The fourth-order valence-electron chi connectivity index (χ4n) is 4.04. The second-order valence-corrected chi connectivity index (χ2v) is 9.05. The van der Waals surface area contributed by atoms with E-state index in [1.807, 2.05) is 13.8 Å². The summed E-state index contributed by atoms with van der Waals surface area (Å²) in [6.07, 6.45) is 2.21. The Bertz CT molecular complexity index is 1230. The van der Waals surface area contributed by atoms with E-state index in [9.17, 15) is 9.59 Å². The first-order valence-electron chi connectivity index (χ1n) is 11.8. The lowest BCUT2D eigenvalue weighted by molar-refractivity contribution is -0.141. The number of ether oxygens (including phenoxy) is 3. The number of benzene rings is 1. The number of methoxy groups -OCH3 is 2. The first-order valence-corrected chi connectivity index (χ1v) is 11.8. The van der Waals surface area contributed by atoms with Crippen LogP contribution in [0, 0.1) is 19.8 Å². The number of hydrogen-bond acceptors (Lipinski definition) is 8. The Hall–Kier alpha value is -3.72. The number of rotatable bonds is 10. The second-order valence-electron chi connectivity index (χ2n) is 9.05. The summed E-state index contributed by atoms with van der Waals surface area (Å²) in [5.74, 6) is -0.655. The van der Waals surface area contributed by atoms with Crippen LogP contribution in [0.3, 0.4) is 0 Å². The molecule has 0 fully saturated rings. The summed E-state index contributed by atoms with van der Waals surface area (Å²) in [7, 11) is 2.55. The van der Waals surface area contributed by atoms with E-state index in [-0.39, 0.29) is 24.6 Å². The molecular formula is C27H34N4O5. The molecule has 0 bridgehead atoms. The molecule has 9 nitrogen and oxygen atoms in total. The van der Waals surface area contributed by atoms with Gasteiger partial charge >= 0.3 is 11.9 Å². The summed E-state index contributed by atoms with van der Waals surface area (Å²) >= 11 is 0. The van der Waals surface area contributed by atoms with Gasteiger partial charge in [-0.25, -0.2) is 4.79 Å². The van der Waals surface area contributed by atoms with Crippen LogP contribution in [0.5, 0.6) is 5.88 Å². The second kappa shape index (κ2) is 11.8. The third-order valence-corrected chi connectivity index (χ3v) is 5.84. The maximum Gasteiger partial charge on any atom is 0.345 e. The van der Waals surface area contributed by atoms with E-state index in [4.69, 9.17) is 24.9 Å². The number of aryl methyl sites for hydroxylation is 2. The molecule has 2 heterocycles. The molecule has 1 aromatic carbocycles. The molecule has 0 unspecified atom stereocenters. The van der Waals surface area contributed by atoms with E-state index in [2.05, 4.69) is 43.2 Å². The molecule has 36 heavy (non-hydrogen) atoms. The van der Waals surface area contributed by atoms with Crippen molar-refractivity contribution in [2.75, 3.05) is 14.2 Å². The van der Waals surface area contributed by atoms with Gasteiger partial charge in [-0.3, -0.25) is 14.5 Å². The molecule has 3 aromatic rings. The molecule has 3 rings (SSSR count). The largest absolute Gasteiger partial charge is 0.471 e. The van der Waals surface area contributed by atoms with Crippen LogP contribution in [0.15, 0.2) is 30.5 Å². The molecule has 192 valence electrons. The molecule has 2 N–H and O–H groups in total. The van der Waals surface area contributed by atoms with Gasteiger partial charge in [0.2, 0.25) is 5.88 Å². The predicted molar refractivity (Wildman–Crippen MR) is 135 cm³/mol. The van der Waals surface area contributed by atoms with Crippen LogP contribution in [-0.2, 0) is 40.4 Å². The first-order chi connectivity index (χ1) is 17.2. The van der Waals surface area contributed by atoms with Crippen molar-refractivity contribution >= 4 is 11.9 Å². The van der Waals surface area contributed by atoms with Crippen molar-refractivity contribution in [3.63, 3.8) is 0 Å². The fourth-order valence-corrected chi connectivity index (χ4v) is 4.04. The molecular weight excluding hydrogens is 460 g/mol. The van der Waals surface area contributed by atoms with E-state index in [1.54, 1.807) is 0 Å². The molecule has 0 radical (unpaired) electrons. The minimum absolute atomic E-state index is 0.0561. The highest BCUT2D eigenvalue weighted by Crippen LogP contribution is 2.33. The van der Waals surface area contributed by atoms with Gasteiger partial charge in [-0.1, -0.05) is 43.7 Å². The van der Waals surface area contributed by atoms with Gasteiger partial charge in [0.15, 0.2) is 0 Å². The van der Waals surface area contributed by atoms with E-state index >= 15 is 0 Å². The molecule has 0 aliphatic heterocycles. The van der Waals surface area contributed by atoms with Crippen LogP contribution in [-0.4, -0.2) is 40.9 Å². The summed E-state index contributed by atoms with van der Waals surface area (Å²) in [5.41, 5.74) is 13.1. The smallest absolute Gasteiger partial charge is 0.345 e. The van der Waals surface area contributed by atoms with Crippen molar-refractivity contribution in [3.05, 3.63) is 64.1 Å². The zero-order chi connectivity index (χ0) is 26.4. The lowest BCUT2D eigenvalue weighted by atomic mass is 9.90.